The second-order valence-corrected chi connectivity index (χ2v) is 9.67. The van der Waals surface area contributed by atoms with E-state index < -0.39 is 5.82 Å². The topological polar surface area (TPSA) is 82.4 Å². The number of hydrogen-bond donors (Lipinski definition) is 2. The van der Waals surface area contributed by atoms with E-state index in [4.69, 9.17) is 0 Å². The number of phenolic OH excluding ortho intramolecular Hbond substituents is 1. The van der Waals surface area contributed by atoms with E-state index in [1.54, 1.807) is 25.3 Å². The summed E-state index contributed by atoms with van der Waals surface area (Å²) in [7, 11) is 0. The van der Waals surface area contributed by atoms with Crippen LogP contribution in [0.5, 0.6) is 5.75 Å². The Kier molecular flexibility index (Phi) is 5.11. The van der Waals surface area contributed by atoms with Gasteiger partial charge in [-0.2, -0.15) is 0 Å². The van der Waals surface area contributed by atoms with Crippen molar-refractivity contribution in [3.8, 4) is 17.0 Å². The van der Waals surface area contributed by atoms with Gasteiger partial charge >= 0.3 is 0 Å². The summed E-state index contributed by atoms with van der Waals surface area (Å²) < 4.78 is 30.8. The number of anilines is 1. The van der Waals surface area contributed by atoms with Crippen LogP contribution in [-0.4, -0.2) is 43.4 Å². The molecule has 2 aliphatic rings. The maximum Gasteiger partial charge on any atom is 0.175 e. The van der Waals surface area contributed by atoms with Crippen LogP contribution in [0.3, 0.4) is 0 Å². The lowest BCUT2D eigenvalue weighted by Crippen LogP contribution is -2.45. The third-order valence-corrected chi connectivity index (χ3v) is 7.49. The summed E-state index contributed by atoms with van der Waals surface area (Å²) in [5.74, 6) is 0.0275. The quantitative estimate of drug-likeness (QED) is 0.423. The Balaban J connectivity index is 1.59. The number of aliphatic hydroxyl groups excluding tert-OH is 1. The molecule has 0 aliphatic carbocycles. The first kappa shape index (κ1) is 22.1. The minimum Gasteiger partial charge on any atom is -0.508 e. The first-order valence-electron chi connectivity index (χ1n) is 12.1. The monoisotopic (exact) mass is 476 g/mol. The van der Waals surface area contributed by atoms with Crippen molar-refractivity contribution in [3.63, 3.8) is 0 Å². The Morgan fingerprint density at radius 1 is 1.09 bits per heavy atom. The molecule has 6 nitrogen and oxygen atoms in total. The molecule has 2 saturated heterocycles. The number of aryl methyl sites for hydroxylation is 2. The average molecular weight is 477 g/mol. The van der Waals surface area contributed by atoms with E-state index in [2.05, 4.69) is 19.9 Å². The fourth-order valence-corrected chi connectivity index (χ4v) is 6.06. The zero-order valence-electron chi connectivity index (χ0n) is 19.6. The SMILES string of the molecule is CCc1c(F)ccc2cc(O)cc(-c3ncc4c(N5C6CCC5CC(O)C6)nc(C)nc4c3F)c12. The molecule has 2 bridgehead atoms. The number of hydrogen-bond acceptors (Lipinski definition) is 6. The van der Waals surface area contributed by atoms with Gasteiger partial charge in [0.2, 0.25) is 0 Å². The van der Waals surface area contributed by atoms with E-state index >= 15 is 4.39 Å². The number of halogens is 2. The van der Waals surface area contributed by atoms with Gasteiger partial charge in [-0.3, -0.25) is 4.98 Å². The summed E-state index contributed by atoms with van der Waals surface area (Å²) in [6, 6.07) is 6.21. The van der Waals surface area contributed by atoms with Gasteiger partial charge < -0.3 is 15.1 Å². The molecule has 4 heterocycles. The number of aromatic hydroxyl groups is 1. The molecule has 8 heteroatoms. The van der Waals surface area contributed by atoms with Crippen molar-refractivity contribution < 1.29 is 19.0 Å². The van der Waals surface area contributed by atoms with Crippen LogP contribution in [0.25, 0.3) is 32.9 Å². The Bertz CT molecular complexity index is 1480. The summed E-state index contributed by atoms with van der Waals surface area (Å²) in [5.41, 5.74) is 0.935. The maximum absolute atomic E-state index is 16.2. The lowest BCUT2D eigenvalue weighted by atomic mass is 9.94. The lowest BCUT2D eigenvalue weighted by Gasteiger charge is -2.38. The molecule has 0 amide bonds. The highest BCUT2D eigenvalue weighted by molar-refractivity contribution is 6.01. The molecule has 2 aromatic carbocycles. The third-order valence-electron chi connectivity index (χ3n) is 7.49. The number of rotatable bonds is 3. The summed E-state index contributed by atoms with van der Waals surface area (Å²) in [6.07, 6.45) is 4.90. The molecule has 2 unspecified atom stereocenters. The average Bonchev–Trinajstić information content (AvgIpc) is 3.09. The van der Waals surface area contributed by atoms with Crippen molar-refractivity contribution in [2.24, 2.45) is 0 Å². The normalized spacial score (nSPS) is 21.9. The van der Waals surface area contributed by atoms with Crippen LogP contribution in [0.15, 0.2) is 30.5 Å². The summed E-state index contributed by atoms with van der Waals surface area (Å²) in [5, 5.41) is 22.2. The highest BCUT2D eigenvalue weighted by atomic mass is 19.1. The van der Waals surface area contributed by atoms with E-state index in [9.17, 15) is 14.6 Å². The van der Waals surface area contributed by atoms with Gasteiger partial charge in [0, 0.05) is 23.8 Å². The molecule has 4 aromatic rings. The molecule has 2 aliphatic heterocycles. The molecule has 180 valence electrons. The van der Waals surface area contributed by atoms with Crippen LogP contribution in [0.4, 0.5) is 14.6 Å². The van der Waals surface area contributed by atoms with Crippen LogP contribution < -0.4 is 4.90 Å². The predicted octanol–water partition coefficient (Wildman–Crippen LogP) is 5.19. The summed E-state index contributed by atoms with van der Waals surface area (Å²) in [4.78, 5) is 15.8. The Morgan fingerprint density at radius 3 is 2.54 bits per heavy atom. The van der Waals surface area contributed by atoms with Crippen molar-refractivity contribution in [2.75, 3.05) is 4.90 Å². The fraction of sp³-hybridized carbons (Fsp3) is 0.370. The Morgan fingerprint density at radius 2 is 1.83 bits per heavy atom. The van der Waals surface area contributed by atoms with Gasteiger partial charge in [0.05, 0.1) is 11.5 Å². The van der Waals surface area contributed by atoms with Crippen LogP contribution >= 0.6 is 0 Å². The van der Waals surface area contributed by atoms with Gasteiger partial charge in [0.1, 0.15) is 34.4 Å². The third kappa shape index (κ3) is 3.42. The second kappa shape index (κ2) is 8.09. The number of pyridine rings is 1. The van der Waals surface area contributed by atoms with E-state index in [0.29, 0.717) is 58.2 Å². The molecule has 2 atom stereocenters. The van der Waals surface area contributed by atoms with E-state index in [0.717, 1.165) is 12.8 Å². The predicted molar refractivity (Wildman–Crippen MR) is 131 cm³/mol. The van der Waals surface area contributed by atoms with E-state index in [-0.39, 0.29) is 41.0 Å². The van der Waals surface area contributed by atoms with Gasteiger partial charge in [-0.05, 0) is 73.6 Å². The lowest BCUT2D eigenvalue weighted by molar-refractivity contribution is 0.126. The Hall–Kier alpha value is -3.39. The van der Waals surface area contributed by atoms with Gasteiger partial charge in [0.25, 0.3) is 0 Å². The number of phenols is 1. The number of piperidine rings is 1. The first-order valence-corrected chi connectivity index (χ1v) is 12.1. The fourth-order valence-electron chi connectivity index (χ4n) is 6.06. The van der Waals surface area contributed by atoms with Crippen molar-refractivity contribution >= 4 is 27.5 Å². The standard InChI is InChI=1S/C27H26F2N4O2/c1-3-19-22(28)7-4-14-8-17(34)11-20(23(14)19)25-24(29)26-21(12-30-25)27(32-13(2)31-26)33-15-5-6-16(33)10-18(35)9-15/h4,7-8,11-12,15-16,18,34-35H,3,5-6,9-10H2,1-2H3. The van der Waals surface area contributed by atoms with Crippen LogP contribution in [-0.2, 0) is 6.42 Å². The van der Waals surface area contributed by atoms with Gasteiger partial charge in [0.15, 0.2) is 5.82 Å². The molecular weight excluding hydrogens is 450 g/mol. The van der Waals surface area contributed by atoms with E-state index in [1.165, 1.54) is 12.1 Å². The zero-order chi connectivity index (χ0) is 24.4. The molecule has 35 heavy (non-hydrogen) atoms. The van der Waals surface area contributed by atoms with Crippen LogP contribution in [0.1, 0.15) is 44.0 Å². The van der Waals surface area contributed by atoms with Gasteiger partial charge in [-0.25, -0.2) is 18.7 Å². The number of benzene rings is 2. The number of aromatic nitrogens is 3. The minimum atomic E-state index is -0.628. The number of nitrogens with zero attached hydrogens (tertiary/aromatic N) is 4. The van der Waals surface area contributed by atoms with E-state index in [1.807, 2.05) is 6.92 Å². The molecule has 0 spiro atoms. The largest absolute Gasteiger partial charge is 0.508 e. The van der Waals surface area contributed by atoms with Gasteiger partial charge in [-0.15, -0.1) is 0 Å². The second-order valence-electron chi connectivity index (χ2n) is 9.67. The number of fused-ring (bicyclic) bond motifs is 4. The summed E-state index contributed by atoms with van der Waals surface area (Å²) in [6.45, 7) is 3.57. The van der Waals surface area contributed by atoms with Crippen molar-refractivity contribution in [2.45, 2.75) is 64.1 Å². The highest BCUT2D eigenvalue weighted by Gasteiger charge is 2.41. The molecule has 2 aromatic heterocycles. The van der Waals surface area contributed by atoms with Crippen molar-refractivity contribution in [3.05, 3.63) is 53.5 Å². The molecule has 6 rings (SSSR count). The highest BCUT2D eigenvalue weighted by Crippen LogP contribution is 2.43. The smallest absolute Gasteiger partial charge is 0.175 e. The zero-order valence-corrected chi connectivity index (χ0v) is 19.6. The van der Waals surface area contributed by atoms with Crippen molar-refractivity contribution in [1.29, 1.82) is 0 Å². The number of aliphatic hydroxyl groups is 1. The molecule has 2 N–H and O–H groups in total. The molecule has 2 fully saturated rings. The molecular formula is C27H26F2N4O2. The minimum absolute atomic E-state index is 0.0137. The Labute approximate surface area is 201 Å². The first-order chi connectivity index (χ1) is 16.9. The van der Waals surface area contributed by atoms with Gasteiger partial charge in [-0.1, -0.05) is 13.0 Å². The maximum atomic E-state index is 16.2. The molecule has 0 radical (unpaired) electrons. The summed E-state index contributed by atoms with van der Waals surface area (Å²) >= 11 is 0. The van der Waals surface area contributed by atoms with Crippen molar-refractivity contribution in [1.82, 2.24) is 15.0 Å². The molecule has 0 saturated carbocycles. The van der Waals surface area contributed by atoms with Crippen LogP contribution in [0, 0.1) is 18.6 Å². The van der Waals surface area contributed by atoms with Crippen LogP contribution in [0.2, 0.25) is 0 Å².